The van der Waals surface area contributed by atoms with Gasteiger partial charge in [-0.1, -0.05) is 30.0 Å². The minimum atomic E-state index is -4.46. The largest absolute Gasteiger partial charge is 0.416 e. The van der Waals surface area contributed by atoms with Gasteiger partial charge >= 0.3 is 6.18 Å². The molecule has 0 bridgehead atoms. The van der Waals surface area contributed by atoms with E-state index in [2.05, 4.69) is 15.3 Å². The highest BCUT2D eigenvalue weighted by atomic mass is 32.2. The zero-order valence-corrected chi connectivity index (χ0v) is 14.7. The first kappa shape index (κ1) is 18.9. The highest BCUT2D eigenvalue weighted by Crippen LogP contribution is 2.30. The van der Waals surface area contributed by atoms with E-state index in [1.165, 1.54) is 23.9 Å². The SMILES string of the molecule is O=C(Nc1cccc(C(F)(F)F)c1)c1ccc(CSc2ncccn2)cc1. The Hall–Kier alpha value is -2.87. The third kappa shape index (κ3) is 5.30. The van der Waals surface area contributed by atoms with Crippen LogP contribution in [0.3, 0.4) is 0 Å². The van der Waals surface area contributed by atoms with Gasteiger partial charge in [0.1, 0.15) is 0 Å². The maximum Gasteiger partial charge on any atom is 0.416 e. The highest BCUT2D eigenvalue weighted by Gasteiger charge is 2.30. The Balaban J connectivity index is 1.62. The van der Waals surface area contributed by atoms with Crippen LogP contribution in [0.4, 0.5) is 18.9 Å². The van der Waals surface area contributed by atoms with Gasteiger partial charge in [-0.2, -0.15) is 13.2 Å². The number of alkyl halides is 3. The molecule has 0 fully saturated rings. The minimum absolute atomic E-state index is 0.0932. The lowest BCUT2D eigenvalue weighted by Crippen LogP contribution is -2.13. The molecule has 1 amide bonds. The lowest BCUT2D eigenvalue weighted by atomic mass is 10.1. The number of thioether (sulfide) groups is 1. The van der Waals surface area contributed by atoms with E-state index < -0.39 is 17.6 Å². The van der Waals surface area contributed by atoms with Crippen LogP contribution >= 0.6 is 11.8 Å². The summed E-state index contributed by atoms with van der Waals surface area (Å²) in [6.45, 7) is 0. The molecule has 1 aromatic heterocycles. The smallest absolute Gasteiger partial charge is 0.322 e. The van der Waals surface area contributed by atoms with E-state index in [1.807, 2.05) is 0 Å². The van der Waals surface area contributed by atoms with Gasteiger partial charge in [0.15, 0.2) is 5.16 Å². The number of nitrogens with one attached hydrogen (secondary N) is 1. The van der Waals surface area contributed by atoms with Gasteiger partial charge in [-0.05, 0) is 42.0 Å². The van der Waals surface area contributed by atoms with Crippen molar-refractivity contribution >= 4 is 23.4 Å². The quantitative estimate of drug-likeness (QED) is 0.491. The second-order valence-corrected chi connectivity index (χ2v) is 6.49. The molecule has 138 valence electrons. The van der Waals surface area contributed by atoms with Crippen LogP contribution < -0.4 is 5.32 Å². The van der Waals surface area contributed by atoms with Crippen molar-refractivity contribution < 1.29 is 18.0 Å². The van der Waals surface area contributed by atoms with Crippen molar-refractivity contribution in [1.82, 2.24) is 9.97 Å². The van der Waals surface area contributed by atoms with Crippen molar-refractivity contribution in [3.63, 3.8) is 0 Å². The summed E-state index contributed by atoms with van der Waals surface area (Å²) in [7, 11) is 0. The fraction of sp³-hybridized carbons (Fsp3) is 0.105. The zero-order chi connectivity index (χ0) is 19.3. The molecule has 3 aromatic rings. The van der Waals surface area contributed by atoms with Crippen LogP contribution in [0.1, 0.15) is 21.5 Å². The lowest BCUT2D eigenvalue weighted by Gasteiger charge is -2.10. The summed E-state index contributed by atoms with van der Waals surface area (Å²) in [6, 6.07) is 13.1. The first-order valence-corrected chi connectivity index (χ1v) is 8.88. The van der Waals surface area contributed by atoms with Gasteiger partial charge in [-0.25, -0.2) is 9.97 Å². The Bertz CT molecular complexity index is 915. The van der Waals surface area contributed by atoms with Crippen LogP contribution in [0, 0.1) is 0 Å². The summed E-state index contributed by atoms with van der Waals surface area (Å²) < 4.78 is 38.2. The zero-order valence-electron chi connectivity index (χ0n) is 13.9. The van der Waals surface area contributed by atoms with Crippen LogP contribution in [0.25, 0.3) is 0 Å². The van der Waals surface area contributed by atoms with E-state index in [0.29, 0.717) is 16.5 Å². The first-order chi connectivity index (χ1) is 12.9. The predicted molar refractivity (Wildman–Crippen MR) is 97.4 cm³/mol. The number of hydrogen-bond acceptors (Lipinski definition) is 4. The molecule has 0 spiro atoms. The number of anilines is 1. The van der Waals surface area contributed by atoms with Gasteiger partial charge in [-0.3, -0.25) is 4.79 Å². The summed E-state index contributed by atoms with van der Waals surface area (Å²) in [5, 5.41) is 3.14. The number of nitrogens with zero attached hydrogens (tertiary/aromatic N) is 2. The normalized spacial score (nSPS) is 11.2. The van der Waals surface area contributed by atoms with Gasteiger partial charge in [0.25, 0.3) is 5.91 Å². The van der Waals surface area contributed by atoms with Crippen LogP contribution in [0.15, 0.2) is 72.1 Å². The summed E-state index contributed by atoms with van der Waals surface area (Å²) >= 11 is 1.46. The number of benzene rings is 2. The Kier molecular flexibility index (Phi) is 5.75. The van der Waals surface area contributed by atoms with Crippen molar-refractivity contribution in [2.45, 2.75) is 17.1 Å². The molecule has 0 unspecified atom stereocenters. The number of hydrogen-bond donors (Lipinski definition) is 1. The molecule has 3 rings (SSSR count). The van der Waals surface area contributed by atoms with Crippen LogP contribution in [0.5, 0.6) is 0 Å². The van der Waals surface area contributed by atoms with Gasteiger partial charge in [0.05, 0.1) is 5.56 Å². The fourth-order valence-corrected chi connectivity index (χ4v) is 3.00. The highest BCUT2D eigenvalue weighted by molar-refractivity contribution is 7.98. The maximum absolute atomic E-state index is 12.7. The number of aromatic nitrogens is 2. The molecule has 0 saturated carbocycles. The average Bonchev–Trinajstić information content (AvgIpc) is 2.67. The van der Waals surface area contributed by atoms with Crippen molar-refractivity contribution in [3.05, 3.63) is 83.7 Å². The van der Waals surface area contributed by atoms with Crippen molar-refractivity contribution in [2.24, 2.45) is 0 Å². The molecule has 0 aliphatic carbocycles. The number of carbonyl (C=O) groups excluding carboxylic acids is 1. The number of rotatable bonds is 5. The van der Waals surface area contributed by atoms with Crippen LogP contribution in [-0.4, -0.2) is 15.9 Å². The first-order valence-electron chi connectivity index (χ1n) is 7.89. The van der Waals surface area contributed by atoms with Gasteiger partial charge < -0.3 is 5.32 Å². The summed E-state index contributed by atoms with van der Waals surface area (Å²) in [5.41, 5.74) is 0.617. The third-order valence-electron chi connectivity index (χ3n) is 3.57. The van der Waals surface area contributed by atoms with E-state index in [4.69, 9.17) is 0 Å². The molecule has 1 N–H and O–H groups in total. The van der Waals surface area contributed by atoms with Crippen LogP contribution in [0.2, 0.25) is 0 Å². The summed E-state index contributed by atoms with van der Waals surface area (Å²) in [5.74, 6) is 0.166. The average molecular weight is 389 g/mol. The standard InChI is InChI=1S/C19H14F3N3OS/c20-19(21,22)15-3-1-4-16(11-15)25-17(26)14-7-5-13(6-8-14)12-27-18-23-9-2-10-24-18/h1-11H,12H2,(H,25,26). The maximum atomic E-state index is 12.7. The summed E-state index contributed by atoms with van der Waals surface area (Å²) in [4.78, 5) is 20.5. The van der Waals surface area contributed by atoms with Gasteiger partial charge in [0.2, 0.25) is 0 Å². The van der Waals surface area contributed by atoms with E-state index in [0.717, 1.165) is 17.7 Å². The van der Waals surface area contributed by atoms with E-state index in [1.54, 1.807) is 42.7 Å². The molecule has 1 heterocycles. The molecule has 0 saturated heterocycles. The Morgan fingerprint density at radius 3 is 2.37 bits per heavy atom. The topological polar surface area (TPSA) is 54.9 Å². The molecule has 0 atom stereocenters. The van der Waals surface area contributed by atoms with Crippen LogP contribution in [-0.2, 0) is 11.9 Å². The van der Waals surface area contributed by atoms with Crippen molar-refractivity contribution in [1.29, 1.82) is 0 Å². The Morgan fingerprint density at radius 2 is 1.70 bits per heavy atom. The Morgan fingerprint density at radius 1 is 1.00 bits per heavy atom. The second-order valence-electron chi connectivity index (χ2n) is 5.55. The van der Waals surface area contributed by atoms with Crippen molar-refractivity contribution in [2.75, 3.05) is 5.32 Å². The molecule has 2 aromatic carbocycles. The molecular weight excluding hydrogens is 375 g/mol. The number of halogens is 3. The molecule has 0 radical (unpaired) electrons. The molecule has 8 heteroatoms. The molecule has 27 heavy (non-hydrogen) atoms. The fourth-order valence-electron chi connectivity index (χ4n) is 2.24. The van der Waals surface area contributed by atoms with Crippen molar-refractivity contribution in [3.8, 4) is 0 Å². The van der Waals surface area contributed by atoms with E-state index >= 15 is 0 Å². The van der Waals surface area contributed by atoms with E-state index in [9.17, 15) is 18.0 Å². The van der Waals surface area contributed by atoms with E-state index in [-0.39, 0.29) is 5.69 Å². The third-order valence-corrected chi connectivity index (χ3v) is 4.52. The van der Waals surface area contributed by atoms with Gasteiger partial charge in [0, 0.05) is 29.4 Å². The number of amides is 1. The molecule has 0 aliphatic heterocycles. The molecule has 4 nitrogen and oxygen atoms in total. The number of carbonyl (C=O) groups is 1. The summed E-state index contributed by atoms with van der Waals surface area (Å²) in [6.07, 6.45) is -1.13. The lowest BCUT2D eigenvalue weighted by molar-refractivity contribution is -0.137. The molecular formula is C19H14F3N3OS. The monoisotopic (exact) mass is 389 g/mol. The minimum Gasteiger partial charge on any atom is -0.322 e. The Labute approximate surface area is 157 Å². The van der Waals surface area contributed by atoms with Gasteiger partial charge in [-0.15, -0.1) is 0 Å². The second kappa shape index (κ2) is 8.22. The molecule has 0 aliphatic rings. The predicted octanol–water partition coefficient (Wildman–Crippen LogP) is 5.04.